The van der Waals surface area contributed by atoms with E-state index in [-0.39, 0.29) is 18.0 Å². The smallest absolute Gasteiger partial charge is 0.307 e. The molecule has 1 saturated heterocycles. The molecule has 1 fully saturated rings. The third-order valence-electron chi connectivity index (χ3n) is 3.16. The molecule has 0 bridgehead atoms. The summed E-state index contributed by atoms with van der Waals surface area (Å²) < 4.78 is 25.7. The highest BCUT2D eigenvalue weighted by Gasteiger charge is 2.35. The Morgan fingerprint density at radius 2 is 1.94 bits per heavy atom. The summed E-state index contributed by atoms with van der Waals surface area (Å²) in [4.78, 5) is 11.1. The van der Waals surface area contributed by atoms with Crippen molar-refractivity contribution in [1.82, 2.24) is 4.31 Å². The highest BCUT2D eigenvalue weighted by atomic mass is 32.2. The van der Waals surface area contributed by atoms with Gasteiger partial charge in [0.2, 0.25) is 10.0 Å². The van der Waals surface area contributed by atoms with Crippen LogP contribution in [-0.2, 0) is 14.8 Å². The number of rotatable bonds is 3. The van der Waals surface area contributed by atoms with Gasteiger partial charge in [0.1, 0.15) is 0 Å². The van der Waals surface area contributed by atoms with Gasteiger partial charge in [-0.1, -0.05) is 17.7 Å². The Kier molecular flexibility index (Phi) is 3.41. The summed E-state index contributed by atoms with van der Waals surface area (Å²) in [6.45, 7) is 2.21. The number of carbonyl (C=O) groups is 1. The van der Waals surface area contributed by atoms with E-state index in [2.05, 4.69) is 0 Å². The zero-order valence-electron chi connectivity index (χ0n) is 10.0. The van der Waals surface area contributed by atoms with Crippen LogP contribution in [0.3, 0.4) is 0 Å². The second kappa shape index (κ2) is 4.70. The lowest BCUT2D eigenvalue weighted by Crippen LogP contribution is -2.30. The minimum absolute atomic E-state index is 0.0611. The Bertz CT molecular complexity index is 550. The molecule has 0 aliphatic carbocycles. The molecule has 0 aromatic heterocycles. The molecule has 0 saturated carbocycles. The van der Waals surface area contributed by atoms with E-state index >= 15 is 0 Å². The maximum Gasteiger partial charge on any atom is 0.307 e. The van der Waals surface area contributed by atoms with Gasteiger partial charge in [-0.2, -0.15) is 4.31 Å². The molecule has 1 heterocycles. The molecule has 1 aromatic carbocycles. The van der Waals surface area contributed by atoms with Gasteiger partial charge in [0.05, 0.1) is 10.8 Å². The van der Waals surface area contributed by atoms with E-state index in [1.165, 1.54) is 4.31 Å². The number of benzene rings is 1. The molecule has 1 N–H and O–H groups in total. The molecular weight excluding hydrogens is 254 g/mol. The second-order valence-electron chi connectivity index (χ2n) is 4.50. The van der Waals surface area contributed by atoms with Crippen molar-refractivity contribution in [3.8, 4) is 0 Å². The SMILES string of the molecule is Cc1ccc(S(=O)(=O)N2CCC(C(=O)O)C2)cc1. The normalized spacial score (nSPS) is 21.1. The van der Waals surface area contributed by atoms with Crippen molar-refractivity contribution >= 4 is 16.0 Å². The average Bonchev–Trinajstić information content (AvgIpc) is 2.79. The molecule has 2 rings (SSSR count). The lowest BCUT2D eigenvalue weighted by atomic mass is 10.1. The predicted octanol–water partition coefficient (Wildman–Crippen LogP) is 1.09. The van der Waals surface area contributed by atoms with Crippen molar-refractivity contribution in [3.63, 3.8) is 0 Å². The first kappa shape index (κ1) is 13.0. The Hall–Kier alpha value is -1.40. The zero-order valence-corrected chi connectivity index (χ0v) is 10.9. The summed E-state index contributed by atoms with van der Waals surface area (Å²) in [5.41, 5.74) is 0.985. The van der Waals surface area contributed by atoms with Crippen LogP contribution in [0.15, 0.2) is 29.2 Å². The van der Waals surface area contributed by atoms with Gasteiger partial charge in [-0.25, -0.2) is 8.42 Å². The summed E-state index contributed by atoms with van der Waals surface area (Å²) in [7, 11) is -3.55. The molecule has 1 unspecified atom stereocenters. The number of aryl methyl sites for hydroxylation is 1. The Morgan fingerprint density at radius 1 is 1.33 bits per heavy atom. The number of nitrogens with zero attached hydrogens (tertiary/aromatic N) is 1. The standard InChI is InChI=1S/C12H15NO4S/c1-9-2-4-11(5-3-9)18(16,17)13-7-6-10(8-13)12(14)15/h2-5,10H,6-8H2,1H3,(H,14,15). The number of carboxylic acids is 1. The highest BCUT2D eigenvalue weighted by Crippen LogP contribution is 2.24. The topological polar surface area (TPSA) is 74.7 Å². The van der Waals surface area contributed by atoms with Crippen molar-refractivity contribution in [2.24, 2.45) is 5.92 Å². The molecule has 98 valence electrons. The fraction of sp³-hybridized carbons (Fsp3) is 0.417. The van der Waals surface area contributed by atoms with E-state index in [1.807, 2.05) is 6.92 Å². The third-order valence-corrected chi connectivity index (χ3v) is 5.04. The Morgan fingerprint density at radius 3 is 2.44 bits per heavy atom. The van der Waals surface area contributed by atoms with Gasteiger partial charge in [0, 0.05) is 13.1 Å². The molecule has 0 radical (unpaired) electrons. The molecule has 0 amide bonds. The van der Waals surface area contributed by atoms with Gasteiger partial charge in [0.15, 0.2) is 0 Å². The molecule has 1 aromatic rings. The number of hydrogen-bond donors (Lipinski definition) is 1. The van der Waals surface area contributed by atoms with Crippen LogP contribution in [0.4, 0.5) is 0 Å². The Labute approximate surface area is 106 Å². The first-order chi connectivity index (χ1) is 8.41. The fourth-order valence-electron chi connectivity index (χ4n) is 2.01. The molecule has 0 spiro atoms. The van der Waals surface area contributed by atoms with E-state index in [4.69, 9.17) is 5.11 Å². The van der Waals surface area contributed by atoms with Gasteiger partial charge in [-0.15, -0.1) is 0 Å². The lowest BCUT2D eigenvalue weighted by molar-refractivity contribution is -0.141. The van der Waals surface area contributed by atoms with Crippen LogP contribution in [0.1, 0.15) is 12.0 Å². The molecule has 18 heavy (non-hydrogen) atoms. The van der Waals surface area contributed by atoms with Crippen LogP contribution in [0, 0.1) is 12.8 Å². The number of carboxylic acid groups (broad SMARTS) is 1. The maximum atomic E-state index is 12.2. The minimum atomic E-state index is -3.55. The second-order valence-corrected chi connectivity index (χ2v) is 6.44. The quantitative estimate of drug-likeness (QED) is 0.891. The van der Waals surface area contributed by atoms with Crippen LogP contribution in [0.5, 0.6) is 0 Å². The summed E-state index contributed by atoms with van der Waals surface area (Å²) in [5, 5.41) is 8.88. The van der Waals surface area contributed by atoms with Crippen molar-refractivity contribution < 1.29 is 18.3 Å². The lowest BCUT2D eigenvalue weighted by Gasteiger charge is -2.15. The summed E-state index contributed by atoms with van der Waals surface area (Å²) in [6.07, 6.45) is 0.375. The van der Waals surface area contributed by atoms with Crippen LogP contribution >= 0.6 is 0 Å². The molecule has 5 nitrogen and oxygen atoms in total. The molecule has 1 atom stereocenters. The van der Waals surface area contributed by atoms with Gasteiger partial charge < -0.3 is 5.11 Å². The molecule has 1 aliphatic heterocycles. The van der Waals surface area contributed by atoms with E-state index in [1.54, 1.807) is 24.3 Å². The van der Waals surface area contributed by atoms with E-state index in [0.717, 1.165) is 5.56 Å². The highest BCUT2D eigenvalue weighted by molar-refractivity contribution is 7.89. The van der Waals surface area contributed by atoms with Crippen LogP contribution < -0.4 is 0 Å². The monoisotopic (exact) mass is 269 g/mol. The van der Waals surface area contributed by atoms with Crippen LogP contribution in [0.25, 0.3) is 0 Å². The molecule has 6 heteroatoms. The molecular formula is C12H15NO4S. The number of sulfonamides is 1. The Balaban J connectivity index is 2.22. The van der Waals surface area contributed by atoms with E-state index < -0.39 is 21.9 Å². The first-order valence-corrected chi connectivity index (χ1v) is 7.15. The van der Waals surface area contributed by atoms with Crippen molar-refractivity contribution in [1.29, 1.82) is 0 Å². The van der Waals surface area contributed by atoms with Gasteiger partial charge in [-0.3, -0.25) is 4.79 Å². The number of hydrogen-bond acceptors (Lipinski definition) is 3. The van der Waals surface area contributed by atoms with Crippen molar-refractivity contribution in [3.05, 3.63) is 29.8 Å². The van der Waals surface area contributed by atoms with Crippen LogP contribution in [0.2, 0.25) is 0 Å². The van der Waals surface area contributed by atoms with Gasteiger partial charge in [-0.05, 0) is 25.5 Å². The predicted molar refractivity (Wildman–Crippen MR) is 65.7 cm³/mol. The molecule has 1 aliphatic rings. The number of aliphatic carboxylic acids is 1. The van der Waals surface area contributed by atoms with Crippen molar-refractivity contribution in [2.45, 2.75) is 18.2 Å². The van der Waals surface area contributed by atoms with Crippen molar-refractivity contribution in [2.75, 3.05) is 13.1 Å². The average molecular weight is 269 g/mol. The van der Waals surface area contributed by atoms with E-state index in [9.17, 15) is 13.2 Å². The van der Waals surface area contributed by atoms with Gasteiger partial charge in [0.25, 0.3) is 0 Å². The fourth-order valence-corrected chi connectivity index (χ4v) is 3.51. The summed E-state index contributed by atoms with van der Waals surface area (Å²) in [6, 6.07) is 6.58. The zero-order chi connectivity index (χ0) is 13.3. The summed E-state index contributed by atoms with van der Waals surface area (Å²) >= 11 is 0. The van der Waals surface area contributed by atoms with Gasteiger partial charge >= 0.3 is 5.97 Å². The maximum absolute atomic E-state index is 12.2. The summed E-state index contributed by atoms with van der Waals surface area (Å²) in [5.74, 6) is -1.53. The third kappa shape index (κ3) is 2.39. The minimum Gasteiger partial charge on any atom is -0.481 e. The van der Waals surface area contributed by atoms with E-state index in [0.29, 0.717) is 6.42 Å². The first-order valence-electron chi connectivity index (χ1n) is 5.71. The largest absolute Gasteiger partial charge is 0.481 e. The van der Waals surface area contributed by atoms with Crippen LogP contribution in [-0.4, -0.2) is 36.9 Å².